The molecule has 0 aliphatic carbocycles. The SMILES string of the molecule is C[C@@H]1NCC[C@@H]1C(=O)Nc1ccc(F)c(C(F)F)c1F.Cl.S.S. The average Bonchev–Trinajstić information content (AvgIpc) is 2.79. The van der Waals surface area contributed by atoms with E-state index in [2.05, 4.69) is 10.6 Å². The molecule has 10 heteroatoms. The summed E-state index contributed by atoms with van der Waals surface area (Å²) in [5.74, 6) is -3.58. The lowest BCUT2D eigenvalue weighted by Crippen LogP contribution is -2.32. The molecule has 2 N–H and O–H groups in total. The van der Waals surface area contributed by atoms with E-state index in [1.807, 2.05) is 6.92 Å². The van der Waals surface area contributed by atoms with Crippen LogP contribution in [0, 0.1) is 17.6 Å². The Hall–Kier alpha value is -0.640. The largest absolute Gasteiger partial charge is 0.323 e. The highest BCUT2D eigenvalue weighted by molar-refractivity contribution is 7.59. The third-order valence-electron chi connectivity index (χ3n) is 3.46. The van der Waals surface area contributed by atoms with Crippen molar-refractivity contribution in [3.63, 3.8) is 0 Å². The minimum absolute atomic E-state index is 0. The van der Waals surface area contributed by atoms with Gasteiger partial charge in [0.15, 0.2) is 5.82 Å². The van der Waals surface area contributed by atoms with Gasteiger partial charge in [0.05, 0.1) is 17.2 Å². The molecule has 1 heterocycles. The number of halogens is 5. The molecule has 23 heavy (non-hydrogen) atoms. The van der Waals surface area contributed by atoms with Crippen LogP contribution < -0.4 is 10.6 Å². The summed E-state index contributed by atoms with van der Waals surface area (Å²) in [4.78, 5) is 11.9. The molecule has 0 bridgehead atoms. The van der Waals surface area contributed by atoms with E-state index in [1.165, 1.54) is 0 Å². The number of alkyl halides is 2. The van der Waals surface area contributed by atoms with Crippen molar-refractivity contribution in [1.29, 1.82) is 0 Å². The molecule has 1 fully saturated rings. The minimum Gasteiger partial charge on any atom is -0.323 e. The zero-order valence-electron chi connectivity index (χ0n) is 12.1. The first-order chi connectivity index (χ1) is 9.41. The molecule has 2 rings (SSSR count). The van der Waals surface area contributed by atoms with E-state index in [9.17, 15) is 22.4 Å². The van der Waals surface area contributed by atoms with Crippen molar-refractivity contribution in [3.05, 3.63) is 29.3 Å². The van der Waals surface area contributed by atoms with E-state index >= 15 is 0 Å². The topological polar surface area (TPSA) is 41.1 Å². The smallest absolute Gasteiger partial charge is 0.269 e. The zero-order chi connectivity index (χ0) is 14.9. The second kappa shape index (κ2) is 10.3. The predicted molar refractivity (Wildman–Crippen MR) is 93.5 cm³/mol. The van der Waals surface area contributed by atoms with Gasteiger partial charge >= 0.3 is 0 Å². The number of rotatable bonds is 3. The quantitative estimate of drug-likeness (QED) is 0.770. The lowest BCUT2D eigenvalue weighted by atomic mass is 10.0. The van der Waals surface area contributed by atoms with E-state index in [1.54, 1.807) is 0 Å². The van der Waals surface area contributed by atoms with Crippen LogP contribution in [0.15, 0.2) is 12.1 Å². The number of anilines is 1. The Kier molecular flexibility index (Phi) is 11.0. The predicted octanol–water partition coefficient (Wildman–Crippen LogP) is 3.49. The maximum Gasteiger partial charge on any atom is 0.269 e. The lowest BCUT2D eigenvalue weighted by Gasteiger charge is -2.16. The molecule has 1 saturated heterocycles. The van der Waals surface area contributed by atoms with E-state index in [-0.39, 0.29) is 51.4 Å². The van der Waals surface area contributed by atoms with Crippen LogP contribution in [0.2, 0.25) is 0 Å². The van der Waals surface area contributed by atoms with Crippen LogP contribution >= 0.6 is 39.4 Å². The molecule has 1 aromatic rings. The number of carbonyl (C=O) groups is 1. The number of carbonyl (C=O) groups excluding carboxylic acids is 1. The molecular weight excluding hydrogens is 376 g/mol. The Bertz CT molecular complexity index is 537. The number of hydrogen-bond donors (Lipinski definition) is 2. The fourth-order valence-corrected chi connectivity index (χ4v) is 2.31. The third kappa shape index (κ3) is 5.44. The molecule has 0 radical (unpaired) electrons. The third-order valence-corrected chi connectivity index (χ3v) is 3.46. The first-order valence-electron chi connectivity index (χ1n) is 6.22. The maximum absolute atomic E-state index is 13.8. The van der Waals surface area contributed by atoms with Crippen LogP contribution in [-0.4, -0.2) is 18.5 Å². The van der Waals surface area contributed by atoms with Gasteiger partial charge in [-0.25, -0.2) is 17.6 Å². The summed E-state index contributed by atoms with van der Waals surface area (Å²) in [5.41, 5.74) is -1.74. The Balaban J connectivity index is 0. The number of amides is 1. The van der Waals surface area contributed by atoms with Crippen LogP contribution in [0.1, 0.15) is 25.3 Å². The monoisotopic (exact) mass is 394 g/mol. The summed E-state index contributed by atoms with van der Waals surface area (Å²) in [7, 11) is 0. The van der Waals surface area contributed by atoms with E-state index in [0.29, 0.717) is 13.0 Å². The number of nitrogens with one attached hydrogen (secondary N) is 2. The van der Waals surface area contributed by atoms with E-state index < -0.39 is 35.2 Å². The van der Waals surface area contributed by atoms with Crippen LogP contribution in [0.3, 0.4) is 0 Å². The van der Waals surface area contributed by atoms with Crippen molar-refractivity contribution in [2.24, 2.45) is 5.92 Å². The van der Waals surface area contributed by atoms with Crippen LogP contribution in [-0.2, 0) is 4.79 Å². The Labute approximate surface area is 151 Å². The van der Waals surface area contributed by atoms with Gasteiger partial charge in [0, 0.05) is 6.04 Å². The second-order valence-corrected chi connectivity index (χ2v) is 4.75. The highest BCUT2D eigenvalue weighted by atomic mass is 35.5. The maximum atomic E-state index is 13.8. The molecule has 0 aromatic heterocycles. The highest BCUT2D eigenvalue weighted by Gasteiger charge is 2.30. The van der Waals surface area contributed by atoms with Gasteiger partial charge in [-0.3, -0.25) is 4.79 Å². The van der Waals surface area contributed by atoms with Gasteiger partial charge in [-0.2, -0.15) is 27.0 Å². The molecule has 1 aliphatic rings. The van der Waals surface area contributed by atoms with Crippen LogP contribution in [0.5, 0.6) is 0 Å². The highest BCUT2D eigenvalue weighted by Crippen LogP contribution is 2.30. The van der Waals surface area contributed by atoms with Gasteiger partial charge in [-0.15, -0.1) is 12.4 Å². The van der Waals surface area contributed by atoms with Gasteiger partial charge in [-0.05, 0) is 32.0 Å². The van der Waals surface area contributed by atoms with Crippen molar-refractivity contribution in [1.82, 2.24) is 5.32 Å². The fourth-order valence-electron chi connectivity index (χ4n) is 2.31. The Morgan fingerprint density at radius 2 is 1.91 bits per heavy atom. The van der Waals surface area contributed by atoms with Crippen LogP contribution in [0.25, 0.3) is 0 Å². The molecule has 1 aliphatic heterocycles. The Morgan fingerprint density at radius 3 is 2.39 bits per heavy atom. The van der Waals surface area contributed by atoms with Crippen molar-refractivity contribution >= 4 is 51.0 Å². The molecular formula is C13H19ClF4N2OS2. The first-order valence-corrected chi connectivity index (χ1v) is 6.22. The molecule has 3 nitrogen and oxygen atoms in total. The van der Waals surface area contributed by atoms with Crippen molar-refractivity contribution in [2.75, 3.05) is 11.9 Å². The second-order valence-electron chi connectivity index (χ2n) is 4.75. The van der Waals surface area contributed by atoms with Crippen molar-refractivity contribution in [2.45, 2.75) is 25.8 Å². The molecule has 1 amide bonds. The minimum atomic E-state index is -3.28. The lowest BCUT2D eigenvalue weighted by molar-refractivity contribution is -0.120. The van der Waals surface area contributed by atoms with Gasteiger partial charge in [-0.1, -0.05) is 0 Å². The first kappa shape index (κ1) is 24.6. The van der Waals surface area contributed by atoms with Crippen LogP contribution in [0.4, 0.5) is 23.2 Å². The number of hydrogen-bond acceptors (Lipinski definition) is 2. The number of benzene rings is 1. The summed E-state index contributed by atoms with van der Waals surface area (Å²) >= 11 is 0. The summed E-state index contributed by atoms with van der Waals surface area (Å²) in [6.45, 7) is 2.47. The average molecular weight is 395 g/mol. The van der Waals surface area contributed by atoms with Crippen molar-refractivity contribution in [3.8, 4) is 0 Å². The van der Waals surface area contributed by atoms with Gasteiger partial charge in [0.1, 0.15) is 5.82 Å². The van der Waals surface area contributed by atoms with Gasteiger partial charge in [0.2, 0.25) is 5.91 Å². The molecule has 0 spiro atoms. The molecule has 2 atom stereocenters. The van der Waals surface area contributed by atoms with Gasteiger partial charge in [0.25, 0.3) is 6.43 Å². The molecule has 1 aromatic carbocycles. The van der Waals surface area contributed by atoms with Gasteiger partial charge < -0.3 is 10.6 Å². The van der Waals surface area contributed by atoms with Crippen molar-refractivity contribution < 1.29 is 22.4 Å². The van der Waals surface area contributed by atoms with E-state index in [4.69, 9.17) is 0 Å². The van der Waals surface area contributed by atoms with E-state index in [0.717, 1.165) is 12.1 Å². The zero-order valence-corrected chi connectivity index (χ0v) is 14.9. The molecule has 0 unspecified atom stereocenters. The molecule has 0 saturated carbocycles. The summed E-state index contributed by atoms with van der Waals surface area (Å²) in [6.07, 6.45) is -2.70. The Morgan fingerprint density at radius 1 is 1.30 bits per heavy atom. The summed E-state index contributed by atoms with van der Waals surface area (Å²) in [6, 6.07) is 1.59. The standard InChI is InChI=1S/C13H14F4N2O.ClH.2H2S/c1-6-7(4-5-18-6)13(20)19-9-3-2-8(14)10(11(9)15)12(16)17;;;/h2-3,6-7,12,18H,4-5H2,1H3,(H,19,20);1H;2*1H2/t6-,7-;;;/m0.../s1. The summed E-state index contributed by atoms with van der Waals surface area (Å²) < 4.78 is 52.0. The fraction of sp³-hybridized carbons (Fsp3) is 0.462. The molecule has 134 valence electrons. The summed E-state index contributed by atoms with van der Waals surface area (Å²) in [5, 5.41) is 5.31. The normalized spacial score (nSPS) is 19.4.